The van der Waals surface area contributed by atoms with E-state index in [9.17, 15) is 12.8 Å². The lowest BCUT2D eigenvalue weighted by Gasteiger charge is -2.01. The Morgan fingerprint density at radius 1 is 1.14 bits per heavy atom. The standard InChI is InChI=1S/C15H13BrFNO2S/c16-13-4-1-12(2-5-13)10-21(19,20)8-7-11-3-6-14(17)15(18)9-11/h1-9H,10,18H2/b8-7+. The van der Waals surface area contributed by atoms with E-state index in [4.69, 9.17) is 5.73 Å². The molecule has 21 heavy (non-hydrogen) atoms. The highest BCUT2D eigenvalue weighted by molar-refractivity contribution is 9.10. The van der Waals surface area contributed by atoms with Gasteiger partial charge in [-0.2, -0.15) is 0 Å². The summed E-state index contributed by atoms with van der Waals surface area (Å²) >= 11 is 3.29. The van der Waals surface area contributed by atoms with Gasteiger partial charge in [-0.25, -0.2) is 12.8 Å². The fraction of sp³-hybridized carbons (Fsp3) is 0.0667. The predicted molar refractivity (Wildman–Crippen MR) is 86.6 cm³/mol. The summed E-state index contributed by atoms with van der Waals surface area (Å²) in [5.74, 6) is -0.613. The number of benzene rings is 2. The Labute approximate surface area is 131 Å². The fourth-order valence-electron chi connectivity index (χ4n) is 1.71. The van der Waals surface area contributed by atoms with Crippen LogP contribution in [0.15, 0.2) is 52.3 Å². The van der Waals surface area contributed by atoms with Gasteiger partial charge in [-0.05, 0) is 41.5 Å². The van der Waals surface area contributed by atoms with Crippen molar-refractivity contribution in [2.45, 2.75) is 5.75 Å². The van der Waals surface area contributed by atoms with Crippen LogP contribution in [-0.2, 0) is 15.6 Å². The van der Waals surface area contributed by atoms with Crippen LogP contribution in [0.1, 0.15) is 11.1 Å². The van der Waals surface area contributed by atoms with Gasteiger partial charge >= 0.3 is 0 Å². The quantitative estimate of drug-likeness (QED) is 0.834. The Balaban J connectivity index is 2.14. The normalized spacial score (nSPS) is 11.9. The number of halogens is 2. The number of hydrogen-bond donors (Lipinski definition) is 1. The van der Waals surface area contributed by atoms with Crippen molar-refractivity contribution in [2.24, 2.45) is 0 Å². The summed E-state index contributed by atoms with van der Waals surface area (Å²) in [4.78, 5) is 0. The molecular weight excluding hydrogens is 357 g/mol. The van der Waals surface area contributed by atoms with Crippen LogP contribution in [0.5, 0.6) is 0 Å². The summed E-state index contributed by atoms with van der Waals surface area (Å²) in [6.07, 6.45) is 1.41. The molecule has 3 nitrogen and oxygen atoms in total. The van der Waals surface area contributed by atoms with E-state index in [-0.39, 0.29) is 11.4 Å². The third-order valence-electron chi connectivity index (χ3n) is 2.77. The molecule has 6 heteroatoms. The molecular formula is C15H13BrFNO2S. The number of nitrogen functional groups attached to an aromatic ring is 1. The van der Waals surface area contributed by atoms with E-state index in [1.54, 1.807) is 24.3 Å². The van der Waals surface area contributed by atoms with Gasteiger partial charge in [0.05, 0.1) is 11.4 Å². The summed E-state index contributed by atoms with van der Waals surface area (Å²) in [6.45, 7) is 0. The second-order valence-corrected chi connectivity index (χ2v) is 7.32. The van der Waals surface area contributed by atoms with Gasteiger partial charge in [0.2, 0.25) is 0 Å². The van der Waals surface area contributed by atoms with Crippen molar-refractivity contribution >= 4 is 37.5 Å². The fourth-order valence-corrected chi connectivity index (χ4v) is 3.09. The van der Waals surface area contributed by atoms with Gasteiger partial charge in [-0.3, -0.25) is 0 Å². The highest BCUT2D eigenvalue weighted by atomic mass is 79.9. The van der Waals surface area contributed by atoms with Crippen molar-refractivity contribution < 1.29 is 12.8 Å². The molecule has 0 unspecified atom stereocenters. The van der Waals surface area contributed by atoms with Crippen LogP contribution in [0.3, 0.4) is 0 Å². The number of rotatable bonds is 4. The van der Waals surface area contributed by atoms with Crippen molar-refractivity contribution in [3.63, 3.8) is 0 Å². The van der Waals surface area contributed by atoms with Gasteiger partial charge in [-0.15, -0.1) is 0 Å². The summed E-state index contributed by atoms with van der Waals surface area (Å²) in [5.41, 5.74) is 6.65. The monoisotopic (exact) mass is 369 g/mol. The van der Waals surface area contributed by atoms with Crippen LogP contribution in [0.4, 0.5) is 10.1 Å². The Kier molecular flexibility index (Phi) is 4.80. The van der Waals surface area contributed by atoms with Crippen LogP contribution in [-0.4, -0.2) is 8.42 Å². The molecule has 0 bridgehead atoms. The Morgan fingerprint density at radius 3 is 2.43 bits per heavy atom. The van der Waals surface area contributed by atoms with E-state index in [1.807, 2.05) is 0 Å². The van der Waals surface area contributed by atoms with E-state index in [1.165, 1.54) is 24.3 Å². The SMILES string of the molecule is Nc1cc(/C=C/S(=O)(=O)Cc2ccc(Br)cc2)ccc1F. The van der Waals surface area contributed by atoms with Crippen LogP contribution in [0, 0.1) is 5.82 Å². The van der Waals surface area contributed by atoms with E-state index in [0.29, 0.717) is 11.1 Å². The lowest BCUT2D eigenvalue weighted by atomic mass is 10.2. The first-order valence-electron chi connectivity index (χ1n) is 6.06. The largest absolute Gasteiger partial charge is 0.396 e. The number of sulfone groups is 1. The molecule has 0 aliphatic heterocycles. The molecule has 110 valence electrons. The molecule has 0 amide bonds. The molecule has 0 aliphatic rings. The number of hydrogen-bond acceptors (Lipinski definition) is 3. The average Bonchev–Trinajstić information content (AvgIpc) is 2.43. The van der Waals surface area contributed by atoms with Crippen molar-refractivity contribution in [1.82, 2.24) is 0 Å². The van der Waals surface area contributed by atoms with Crippen molar-refractivity contribution in [1.29, 1.82) is 0 Å². The lowest BCUT2D eigenvalue weighted by molar-refractivity contribution is 0.604. The topological polar surface area (TPSA) is 60.2 Å². The van der Waals surface area contributed by atoms with Crippen LogP contribution in [0.25, 0.3) is 6.08 Å². The molecule has 0 spiro atoms. The predicted octanol–water partition coefficient (Wildman–Crippen LogP) is 3.76. The molecule has 2 rings (SSSR count). The van der Waals surface area contributed by atoms with Gasteiger partial charge in [0, 0.05) is 9.88 Å². The van der Waals surface area contributed by atoms with E-state index in [0.717, 1.165) is 9.88 Å². The Hall–Kier alpha value is -1.66. The van der Waals surface area contributed by atoms with E-state index < -0.39 is 15.7 Å². The Bertz CT molecular complexity index is 771. The first kappa shape index (κ1) is 15.7. The van der Waals surface area contributed by atoms with Gasteiger partial charge in [0.1, 0.15) is 5.82 Å². The van der Waals surface area contributed by atoms with Crippen LogP contribution in [0.2, 0.25) is 0 Å². The van der Waals surface area contributed by atoms with E-state index in [2.05, 4.69) is 15.9 Å². The lowest BCUT2D eigenvalue weighted by Crippen LogP contribution is -1.99. The van der Waals surface area contributed by atoms with Crippen molar-refractivity contribution in [3.05, 3.63) is 69.3 Å². The van der Waals surface area contributed by atoms with Crippen molar-refractivity contribution in [3.8, 4) is 0 Å². The molecule has 0 heterocycles. The third-order valence-corrected chi connectivity index (χ3v) is 4.58. The summed E-state index contributed by atoms with van der Waals surface area (Å²) in [5, 5.41) is 1.11. The zero-order valence-corrected chi connectivity index (χ0v) is 13.4. The first-order valence-corrected chi connectivity index (χ1v) is 8.57. The summed E-state index contributed by atoms with van der Waals surface area (Å²) in [7, 11) is -3.40. The highest BCUT2D eigenvalue weighted by Crippen LogP contribution is 2.16. The molecule has 0 aromatic heterocycles. The first-order chi connectivity index (χ1) is 9.85. The minimum Gasteiger partial charge on any atom is -0.396 e. The maximum atomic E-state index is 13.0. The summed E-state index contributed by atoms with van der Waals surface area (Å²) in [6, 6.07) is 11.1. The molecule has 2 N–H and O–H groups in total. The van der Waals surface area contributed by atoms with Gasteiger partial charge < -0.3 is 5.73 Å². The minimum absolute atomic E-state index is 0.0116. The van der Waals surface area contributed by atoms with Gasteiger partial charge in [-0.1, -0.05) is 34.1 Å². The number of anilines is 1. The molecule has 0 atom stereocenters. The Morgan fingerprint density at radius 2 is 1.81 bits per heavy atom. The number of nitrogens with two attached hydrogens (primary N) is 1. The molecule has 0 radical (unpaired) electrons. The second kappa shape index (κ2) is 6.41. The molecule has 2 aromatic rings. The van der Waals surface area contributed by atoms with E-state index >= 15 is 0 Å². The third kappa shape index (κ3) is 4.68. The zero-order chi connectivity index (χ0) is 15.5. The highest BCUT2D eigenvalue weighted by Gasteiger charge is 2.08. The maximum absolute atomic E-state index is 13.0. The van der Waals surface area contributed by atoms with Gasteiger partial charge in [0.15, 0.2) is 9.84 Å². The second-order valence-electron chi connectivity index (χ2n) is 4.52. The summed E-state index contributed by atoms with van der Waals surface area (Å²) < 4.78 is 37.9. The van der Waals surface area contributed by atoms with Crippen LogP contribution < -0.4 is 5.73 Å². The molecule has 2 aromatic carbocycles. The van der Waals surface area contributed by atoms with Crippen LogP contribution >= 0.6 is 15.9 Å². The minimum atomic E-state index is -3.40. The smallest absolute Gasteiger partial charge is 0.175 e. The average molecular weight is 370 g/mol. The molecule has 0 fully saturated rings. The van der Waals surface area contributed by atoms with Crippen molar-refractivity contribution in [2.75, 3.05) is 5.73 Å². The van der Waals surface area contributed by atoms with Gasteiger partial charge in [0.25, 0.3) is 0 Å². The molecule has 0 saturated carbocycles. The molecule has 0 aliphatic carbocycles. The maximum Gasteiger partial charge on any atom is 0.175 e. The molecule has 0 saturated heterocycles. The zero-order valence-electron chi connectivity index (χ0n) is 11.0.